The fraction of sp³-hybridized carbons (Fsp3) is 0.167. The topological polar surface area (TPSA) is 0 Å². The van der Waals surface area contributed by atoms with Crippen LogP contribution in [0, 0.1) is 55.4 Å². The van der Waals surface area contributed by atoms with E-state index >= 15 is 0 Å². The molecule has 0 N–H and O–H groups in total. The predicted molar refractivity (Wildman–Crippen MR) is 259 cm³/mol. The van der Waals surface area contributed by atoms with Crippen LogP contribution in [0.1, 0.15) is 40.0 Å². The van der Waals surface area contributed by atoms with Crippen LogP contribution in [0.5, 0.6) is 0 Å². The van der Waals surface area contributed by atoms with Crippen molar-refractivity contribution in [3.05, 3.63) is 133 Å². The quantitative estimate of drug-likeness (QED) is 0.133. The summed E-state index contributed by atoms with van der Waals surface area (Å²) in [6.45, 7) is 17.9. The zero-order valence-electron chi connectivity index (χ0n) is 32.5. The molecular weight excluding hydrogens is 1210 g/mol. The van der Waals surface area contributed by atoms with E-state index in [1.54, 1.807) is 51.8 Å². The molecule has 0 saturated carbocycles. The zero-order valence-corrected chi connectivity index (χ0v) is 46.2. The van der Waals surface area contributed by atoms with Gasteiger partial charge in [0.1, 0.15) is 0 Å². The molecule has 0 aliphatic rings. The fourth-order valence-corrected chi connectivity index (χ4v) is 24.1. The maximum absolute atomic E-state index is 2.45. The zero-order chi connectivity index (χ0) is 38.8. The van der Waals surface area contributed by atoms with E-state index in [-0.39, 0.29) is 0 Å². The third-order valence-electron chi connectivity index (χ3n) is 10.1. The van der Waals surface area contributed by atoms with Crippen LogP contribution in [0.4, 0.5) is 0 Å². The Morgan fingerprint density at radius 2 is 0.518 bits per heavy atom. The Labute approximate surface area is 376 Å². The molecule has 0 unspecified atom stereocenters. The summed E-state index contributed by atoms with van der Waals surface area (Å²) in [6.07, 6.45) is 0. The van der Waals surface area contributed by atoms with Gasteiger partial charge in [-0.25, -0.2) is 0 Å². The third kappa shape index (κ3) is 8.34. The third-order valence-corrected chi connectivity index (χ3v) is 27.5. The Bertz CT molecular complexity index is 2920. The summed E-state index contributed by atoms with van der Waals surface area (Å²) in [5, 5.41) is 12.0. The van der Waals surface area contributed by atoms with E-state index in [0.717, 1.165) is 0 Å². The van der Waals surface area contributed by atoms with E-state index in [0.29, 0.717) is 116 Å². The summed E-state index contributed by atoms with van der Waals surface area (Å²) in [7, 11) is 0. The van der Waals surface area contributed by atoms with Crippen molar-refractivity contribution in [1.29, 1.82) is 0 Å². The molecule has 0 radical (unpaired) electrons. The Kier molecular flexibility index (Phi) is 12.1. The molecule has 0 aliphatic carbocycles. The van der Waals surface area contributed by atoms with Crippen LogP contribution < -0.4 is 0 Å². The molecule has 0 aliphatic heterocycles. The molecule has 0 spiro atoms. The number of hydrogen-bond donors (Lipinski definition) is 0. The van der Waals surface area contributed by atoms with Crippen molar-refractivity contribution in [2.24, 2.45) is 0 Å². The second-order valence-corrected chi connectivity index (χ2v) is 33.1. The van der Waals surface area contributed by atoms with Gasteiger partial charge >= 0.3 is 381 Å². The van der Waals surface area contributed by atoms with Crippen LogP contribution >= 0.6 is 0 Å². The van der Waals surface area contributed by atoms with Crippen LogP contribution in [0.2, 0.25) is 0 Å². The van der Waals surface area contributed by atoms with Gasteiger partial charge in [-0.05, 0) is 0 Å². The van der Waals surface area contributed by atoms with Crippen LogP contribution in [0.25, 0.3) is 77.2 Å². The Hall–Kier alpha value is -1.04. The number of fused-ring (bicyclic) bond motifs is 8. The molecule has 0 atom stereocenters. The van der Waals surface area contributed by atoms with Gasteiger partial charge in [-0.3, -0.25) is 0 Å². The van der Waals surface area contributed by atoms with Crippen LogP contribution in [0.15, 0.2) is 92.6 Å². The number of hydrogen-bond acceptors (Lipinski definition) is 0. The molecule has 0 fully saturated rings. The number of benzene rings is 4. The first kappa shape index (κ1) is 40.4. The van der Waals surface area contributed by atoms with Gasteiger partial charge in [0, 0.05) is 0 Å². The number of aryl methyl sites for hydroxylation is 8. The Balaban J connectivity index is 0.0000000975. The van der Waals surface area contributed by atoms with E-state index < -0.39 is 0 Å². The second kappa shape index (κ2) is 16.8. The molecule has 12 rings (SSSR count). The Morgan fingerprint density at radius 1 is 0.250 bits per heavy atom. The molecule has 12 aromatic rings. The molecule has 8 heterocycles. The van der Waals surface area contributed by atoms with Gasteiger partial charge in [0.05, 0.1) is 0 Å². The summed E-state index contributed by atoms with van der Waals surface area (Å²) in [6, 6.07) is 28.8. The van der Waals surface area contributed by atoms with Crippen molar-refractivity contribution in [3.8, 4) is 0 Å². The summed E-state index contributed by atoms with van der Waals surface area (Å²) in [5.74, 6) is 0. The fourth-order valence-electron chi connectivity index (χ4n) is 7.28. The standard InChI is InChI=1S/4C12H10Se2/c1-7-5-13-11-4-10-8(2)6-14-12(10)3-9(7)11;1-7-5-13-11-4-12-10(3-9(7)11)8(2)6-14-12;1-7-3-9-5-12-10(4-8(2)14-12)6-11(9)13-7;1-7-3-9-5-10-4-8(2)14-12(10)6-11(9)13-7/h4*3-6H,1-2H3. The van der Waals surface area contributed by atoms with Crippen molar-refractivity contribution in [3.63, 3.8) is 0 Å². The molecule has 0 nitrogen and oxygen atoms in total. The SMILES string of the molecule is Cc1c[se]c2cc3[se]cc(C)c3cc12.Cc1c[se]c2cc3c(C)c[se]c3cc12.Cc1cc2cc3[se]c(C)cc3cc2[se]1.Cc1cc2cc3cc(C)[se]c3cc2[se]1. The number of rotatable bonds is 0. The molecule has 8 heteroatoms. The van der Waals surface area contributed by atoms with Crippen LogP contribution in [-0.4, -0.2) is 116 Å². The average molecular weight is 1250 g/mol. The van der Waals surface area contributed by atoms with E-state index in [1.165, 1.54) is 65.3 Å². The van der Waals surface area contributed by atoms with Crippen molar-refractivity contribution in [1.82, 2.24) is 0 Å². The minimum absolute atomic E-state index is 0.588. The van der Waals surface area contributed by atoms with E-state index in [2.05, 4.69) is 148 Å². The predicted octanol–water partition coefficient (Wildman–Crippen LogP) is 10.9. The van der Waals surface area contributed by atoms with E-state index in [9.17, 15) is 0 Å². The second-order valence-electron chi connectivity index (χ2n) is 14.6. The van der Waals surface area contributed by atoms with E-state index in [4.69, 9.17) is 0 Å². The molecule has 0 saturated heterocycles. The first-order valence-electron chi connectivity index (χ1n) is 18.5. The van der Waals surface area contributed by atoms with Crippen LogP contribution in [-0.2, 0) is 0 Å². The molecule has 0 amide bonds. The monoisotopic (exact) mass is 1260 g/mol. The molecular formula is C48H40Se8. The first-order chi connectivity index (χ1) is 26.9. The van der Waals surface area contributed by atoms with Gasteiger partial charge < -0.3 is 0 Å². The van der Waals surface area contributed by atoms with E-state index in [1.807, 2.05) is 0 Å². The maximum atomic E-state index is 2.45. The summed E-state index contributed by atoms with van der Waals surface area (Å²) in [4.78, 5) is 9.61. The van der Waals surface area contributed by atoms with Crippen molar-refractivity contribution in [2.75, 3.05) is 0 Å². The molecule has 56 heavy (non-hydrogen) atoms. The van der Waals surface area contributed by atoms with Crippen LogP contribution in [0.3, 0.4) is 0 Å². The molecule has 4 aromatic carbocycles. The van der Waals surface area contributed by atoms with Gasteiger partial charge in [0.2, 0.25) is 0 Å². The summed E-state index contributed by atoms with van der Waals surface area (Å²) in [5.41, 5.74) is 5.94. The van der Waals surface area contributed by atoms with Gasteiger partial charge in [-0.2, -0.15) is 0 Å². The van der Waals surface area contributed by atoms with Gasteiger partial charge in [0.15, 0.2) is 0 Å². The molecule has 8 aromatic heterocycles. The average Bonchev–Trinajstić information content (AvgIpc) is 4.05. The van der Waals surface area contributed by atoms with Gasteiger partial charge in [-0.1, -0.05) is 0 Å². The van der Waals surface area contributed by atoms with Gasteiger partial charge in [0.25, 0.3) is 0 Å². The van der Waals surface area contributed by atoms with Crippen molar-refractivity contribution >= 4 is 193 Å². The van der Waals surface area contributed by atoms with Gasteiger partial charge in [-0.15, -0.1) is 0 Å². The normalized spacial score (nSPS) is 11.6. The minimum atomic E-state index is 0.588. The summed E-state index contributed by atoms with van der Waals surface area (Å²) < 4.78 is 18.9. The summed E-state index contributed by atoms with van der Waals surface area (Å²) >= 11 is 4.79. The van der Waals surface area contributed by atoms with Crippen molar-refractivity contribution < 1.29 is 0 Å². The molecule has 280 valence electrons. The first-order valence-corrected chi connectivity index (χ1v) is 32.7. The van der Waals surface area contributed by atoms with Crippen molar-refractivity contribution in [2.45, 2.75) is 55.4 Å². The molecule has 0 bridgehead atoms. The Morgan fingerprint density at radius 3 is 0.875 bits per heavy atom.